The molecule has 0 radical (unpaired) electrons. The summed E-state index contributed by atoms with van der Waals surface area (Å²) in [6.07, 6.45) is -7.22. The summed E-state index contributed by atoms with van der Waals surface area (Å²) in [5.74, 6) is -1.10. The number of ketones is 1. The predicted octanol–water partition coefficient (Wildman–Crippen LogP) is 2.27. The minimum absolute atomic E-state index is 0.00805. The molecule has 12 heteroatoms. The van der Waals surface area contributed by atoms with Crippen LogP contribution in [0.25, 0.3) is 0 Å². The Kier molecular flexibility index (Phi) is 8.49. The van der Waals surface area contributed by atoms with Gasteiger partial charge in [-0.15, -0.1) is 0 Å². The fourth-order valence-corrected chi connectivity index (χ4v) is 7.03. The second-order valence-corrected chi connectivity index (χ2v) is 12.4. The van der Waals surface area contributed by atoms with Crippen molar-refractivity contribution in [1.29, 1.82) is 0 Å². The number of carbonyl (C=O) groups excluding carboxylic acids is 1. The molecule has 1 saturated heterocycles. The molecule has 0 spiro atoms. The number of carbonyl (C=O) groups is 1. The number of hydrogen-bond acceptors (Lipinski definition) is 12. The monoisotopic (exact) mass is 637 g/mol. The zero-order chi connectivity index (χ0) is 33.1. The van der Waals surface area contributed by atoms with Gasteiger partial charge in [-0.25, -0.2) is 0 Å². The average Bonchev–Trinajstić information content (AvgIpc) is 3.02. The van der Waals surface area contributed by atoms with Crippen LogP contribution in [0.4, 0.5) is 0 Å². The van der Waals surface area contributed by atoms with Crippen LogP contribution in [0.3, 0.4) is 0 Å². The quantitative estimate of drug-likeness (QED) is 0.176. The number of benzene rings is 3. The summed E-state index contributed by atoms with van der Waals surface area (Å²) in [5.41, 5.74) is -0.812. The van der Waals surface area contributed by atoms with Crippen molar-refractivity contribution in [1.82, 2.24) is 5.32 Å². The first-order chi connectivity index (χ1) is 21.8. The van der Waals surface area contributed by atoms with E-state index in [9.17, 15) is 40.5 Å². The molecule has 1 heterocycles. The van der Waals surface area contributed by atoms with E-state index in [4.69, 9.17) is 14.2 Å². The molecule has 3 aromatic rings. The van der Waals surface area contributed by atoms with Crippen molar-refractivity contribution >= 4 is 5.78 Å². The second-order valence-electron chi connectivity index (χ2n) is 12.4. The molecule has 0 saturated carbocycles. The highest BCUT2D eigenvalue weighted by Crippen LogP contribution is 2.57. The largest absolute Gasteiger partial charge is 0.508 e. The van der Waals surface area contributed by atoms with E-state index in [1.807, 2.05) is 0 Å². The summed E-state index contributed by atoms with van der Waals surface area (Å²) in [6.45, 7) is 3.28. The Balaban J connectivity index is 1.37. The molecule has 6 rings (SSSR count). The van der Waals surface area contributed by atoms with E-state index in [0.29, 0.717) is 6.54 Å². The smallest absolute Gasteiger partial charge is 0.161 e. The van der Waals surface area contributed by atoms with Crippen molar-refractivity contribution in [2.24, 2.45) is 0 Å². The lowest BCUT2D eigenvalue weighted by Gasteiger charge is -2.43. The van der Waals surface area contributed by atoms with Crippen LogP contribution in [-0.2, 0) is 27.2 Å². The number of phenolic OH excluding ortho intramolecular Hbond substituents is 3. The molecule has 0 amide bonds. The minimum Gasteiger partial charge on any atom is -0.508 e. The standard InChI is InChI=1S/C34H39NO11/c1-15-29(38)21(35-14-17-7-9-18(37)10-8-17)11-24(45-15)46-23-13-34(43,16(2)36)12-20-26(23)33(42)28-27(31(20)40)30(39)19-5-4-6-22(44-3)25(19)32(28)41/h4-10,15,21,23-24,29-30,32,35,37-43H,11-14H2,1-3H3/t15-,21-,23-,24?,29+,30?,32?,34-/m0/s1. The number of Topliss-reactive ketones (excluding diaryl/α,β-unsaturated/α-hetero) is 1. The van der Waals surface area contributed by atoms with Gasteiger partial charge in [-0.3, -0.25) is 4.79 Å². The molecule has 1 aliphatic heterocycles. The fourth-order valence-electron chi connectivity index (χ4n) is 7.03. The Morgan fingerprint density at radius 3 is 2.35 bits per heavy atom. The van der Waals surface area contributed by atoms with Gasteiger partial charge < -0.3 is 55.3 Å². The number of hydrogen-bond donors (Lipinski definition) is 8. The number of fused-ring (bicyclic) bond motifs is 3. The van der Waals surface area contributed by atoms with Crippen LogP contribution in [0.5, 0.6) is 23.0 Å². The Morgan fingerprint density at radius 1 is 0.978 bits per heavy atom. The zero-order valence-corrected chi connectivity index (χ0v) is 25.7. The summed E-state index contributed by atoms with van der Waals surface area (Å²) >= 11 is 0. The van der Waals surface area contributed by atoms with Crippen LogP contribution in [-0.4, -0.2) is 78.8 Å². The third-order valence-electron chi connectivity index (χ3n) is 9.60. The molecule has 0 aromatic heterocycles. The van der Waals surface area contributed by atoms with Gasteiger partial charge in [0, 0.05) is 59.7 Å². The summed E-state index contributed by atoms with van der Waals surface area (Å²) in [6, 6.07) is 10.9. The fraction of sp³-hybridized carbons (Fsp3) is 0.441. The number of rotatable bonds is 7. The number of nitrogens with one attached hydrogen (secondary N) is 1. The van der Waals surface area contributed by atoms with Gasteiger partial charge in [-0.05, 0) is 43.2 Å². The first kappa shape index (κ1) is 32.2. The highest BCUT2D eigenvalue weighted by Gasteiger charge is 2.49. The summed E-state index contributed by atoms with van der Waals surface area (Å²) in [5, 5.41) is 81.6. The van der Waals surface area contributed by atoms with Crippen molar-refractivity contribution in [3.63, 3.8) is 0 Å². The minimum atomic E-state index is -1.98. The number of aliphatic hydroxyl groups excluding tert-OH is 3. The van der Waals surface area contributed by atoms with Crippen LogP contribution < -0.4 is 10.1 Å². The van der Waals surface area contributed by atoms with Crippen molar-refractivity contribution in [2.75, 3.05) is 7.11 Å². The van der Waals surface area contributed by atoms with E-state index in [2.05, 4.69) is 5.32 Å². The second kappa shape index (κ2) is 12.1. The molecule has 3 aliphatic rings. The molecule has 12 nitrogen and oxygen atoms in total. The van der Waals surface area contributed by atoms with Gasteiger partial charge in [-0.1, -0.05) is 24.3 Å². The van der Waals surface area contributed by atoms with Crippen molar-refractivity contribution in [3.05, 3.63) is 81.4 Å². The molecule has 46 heavy (non-hydrogen) atoms. The third kappa shape index (κ3) is 5.39. The summed E-state index contributed by atoms with van der Waals surface area (Å²) < 4.78 is 17.8. The third-order valence-corrected chi connectivity index (χ3v) is 9.60. The molecule has 1 fully saturated rings. The van der Waals surface area contributed by atoms with Crippen LogP contribution in [0, 0.1) is 0 Å². The van der Waals surface area contributed by atoms with Gasteiger partial charge >= 0.3 is 0 Å². The van der Waals surface area contributed by atoms with Crippen molar-refractivity contribution < 1.29 is 54.8 Å². The van der Waals surface area contributed by atoms with E-state index in [0.717, 1.165) is 5.56 Å². The maximum atomic E-state index is 12.7. The van der Waals surface area contributed by atoms with E-state index < -0.39 is 65.7 Å². The topological polar surface area (TPSA) is 198 Å². The van der Waals surface area contributed by atoms with Crippen LogP contribution in [0.15, 0.2) is 42.5 Å². The average molecular weight is 638 g/mol. The normalized spacial score (nSPS) is 30.2. The highest BCUT2D eigenvalue weighted by molar-refractivity contribution is 5.86. The van der Waals surface area contributed by atoms with E-state index in [1.165, 1.54) is 14.0 Å². The molecule has 8 N–H and O–H groups in total. The molecule has 3 unspecified atom stereocenters. The SMILES string of the molecule is COc1cccc2c1C(O)c1c(O)c3c(c(O)c1C2O)C[C@@](O)(C(C)=O)C[C@@H]3OC1C[C@H](NCc2ccc(O)cc2)[C@H](O)[C@H](C)O1. The van der Waals surface area contributed by atoms with Gasteiger partial charge in [0.2, 0.25) is 0 Å². The molecular formula is C34H39NO11. The van der Waals surface area contributed by atoms with Gasteiger partial charge in [0.1, 0.15) is 40.8 Å². The van der Waals surface area contributed by atoms with Crippen molar-refractivity contribution in [3.8, 4) is 23.0 Å². The number of aromatic hydroxyl groups is 3. The Morgan fingerprint density at radius 2 is 1.67 bits per heavy atom. The van der Waals surface area contributed by atoms with E-state index in [1.54, 1.807) is 49.4 Å². The van der Waals surface area contributed by atoms with Crippen LogP contribution in [0.2, 0.25) is 0 Å². The predicted molar refractivity (Wildman–Crippen MR) is 162 cm³/mol. The molecule has 246 valence electrons. The first-order valence-electron chi connectivity index (χ1n) is 15.2. The van der Waals surface area contributed by atoms with E-state index >= 15 is 0 Å². The summed E-state index contributed by atoms with van der Waals surface area (Å²) in [4.78, 5) is 12.7. The summed E-state index contributed by atoms with van der Waals surface area (Å²) in [7, 11) is 1.41. The maximum Gasteiger partial charge on any atom is 0.161 e. The Hall–Kier alpha value is -3.75. The number of aliphatic hydroxyl groups is 4. The molecule has 3 aromatic carbocycles. The number of ether oxygens (including phenoxy) is 3. The molecular weight excluding hydrogens is 598 g/mol. The maximum absolute atomic E-state index is 12.7. The van der Waals surface area contributed by atoms with Gasteiger partial charge in [0.15, 0.2) is 12.1 Å². The van der Waals surface area contributed by atoms with Gasteiger partial charge in [0.05, 0.1) is 25.4 Å². The van der Waals surface area contributed by atoms with Crippen molar-refractivity contribution in [2.45, 2.75) is 88.1 Å². The molecule has 2 aliphatic carbocycles. The molecule has 8 atom stereocenters. The number of phenols is 3. The lowest BCUT2D eigenvalue weighted by atomic mass is 9.71. The lowest BCUT2D eigenvalue weighted by molar-refractivity contribution is -0.249. The zero-order valence-electron chi connectivity index (χ0n) is 25.7. The highest BCUT2D eigenvalue weighted by atomic mass is 16.7. The number of methoxy groups -OCH3 is 1. The Labute approximate surface area is 265 Å². The first-order valence-corrected chi connectivity index (χ1v) is 15.2. The van der Waals surface area contributed by atoms with Crippen LogP contribution >= 0.6 is 0 Å². The van der Waals surface area contributed by atoms with E-state index in [-0.39, 0.29) is 64.1 Å². The van der Waals surface area contributed by atoms with Gasteiger partial charge in [-0.2, -0.15) is 0 Å². The van der Waals surface area contributed by atoms with Crippen LogP contribution in [0.1, 0.15) is 83.9 Å². The molecule has 0 bridgehead atoms. The Bertz CT molecular complexity index is 1640. The lowest BCUT2D eigenvalue weighted by Crippen LogP contribution is -2.54. The van der Waals surface area contributed by atoms with Gasteiger partial charge in [0.25, 0.3) is 0 Å².